The molecule has 2 N–H and O–H groups in total. The minimum absolute atomic E-state index is 0.0710. The van der Waals surface area contributed by atoms with Gasteiger partial charge in [0.05, 0.1) is 5.69 Å². The lowest BCUT2D eigenvalue weighted by molar-refractivity contribution is 0.506. The highest BCUT2D eigenvalue weighted by molar-refractivity contribution is 5.18. The van der Waals surface area contributed by atoms with Crippen molar-refractivity contribution in [1.82, 2.24) is 4.98 Å². The second-order valence-electron chi connectivity index (χ2n) is 3.62. The van der Waals surface area contributed by atoms with Crippen molar-refractivity contribution in [2.75, 3.05) is 0 Å². The van der Waals surface area contributed by atoms with Crippen LogP contribution in [0.4, 0.5) is 0 Å². The second-order valence-corrected chi connectivity index (χ2v) is 3.62. The van der Waals surface area contributed by atoms with E-state index in [1.54, 1.807) is 6.26 Å². The molecule has 2 rings (SSSR count). The van der Waals surface area contributed by atoms with E-state index in [-0.39, 0.29) is 6.04 Å². The van der Waals surface area contributed by atoms with E-state index >= 15 is 0 Å². The van der Waals surface area contributed by atoms with Crippen LogP contribution in [0.3, 0.4) is 0 Å². The zero-order valence-electron chi connectivity index (χ0n) is 8.68. The molecule has 0 aliphatic rings. The van der Waals surface area contributed by atoms with E-state index in [0.29, 0.717) is 12.3 Å². The molecule has 0 spiro atoms. The van der Waals surface area contributed by atoms with Crippen molar-refractivity contribution in [3.8, 4) is 0 Å². The SMILES string of the molecule is CC(N)c1coc(Cc2ccccc2)n1. The average molecular weight is 202 g/mol. The molecule has 1 aromatic heterocycles. The maximum absolute atomic E-state index is 5.70. The normalized spacial score (nSPS) is 12.7. The van der Waals surface area contributed by atoms with Gasteiger partial charge in [-0.2, -0.15) is 0 Å². The first kappa shape index (κ1) is 9.93. The highest BCUT2D eigenvalue weighted by Crippen LogP contribution is 2.12. The molecule has 1 heterocycles. The summed E-state index contributed by atoms with van der Waals surface area (Å²) in [5.74, 6) is 0.716. The van der Waals surface area contributed by atoms with Gasteiger partial charge in [-0.3, -0.25) is 0 Å². The molecule has 1 unspecified atom stereocenters. The van der Waals surface area contributed by atoms with E-state index in [2.05, 4.69) is 17.1 Å². The van der Waals surface area contributed by atoms with E-state index in [1.807, 2.05) is 25.1 Å². The van der Waals surface area contributed by atoms with E-state index in [1.165, 1.54) is 5.56 Å². The quantitative estimate of drug-likeness (QED) is 0.830. The van der Waals surface area contributed by atoms with E-state index in [4.69, 9.17) is 10.2 Å². The Hall–Kier alpha value is -1.61. The van der Waals surface area contributed by atoms with E-state index in [9.17, 15) is 0 Å². The lowest BCUT2D eigenvalue weighted by atomic mass is 10.1. The van der Waals surface area contributed by atoms with Gasteiger partial charge in [0, 0.05) is 12.5 Å². The first-order valence-electron chi connectivity index (χ1n) is 4.99. The van der Waals surface area contributed by atoms with Crippen LogP contribution < -0.4 is 5.73 Å². The number of nitrogens with two attached hydrogens (primary N) is 1. The molecule has 0 amide bonds. The Kier molecular flexibility index (Phi) is 2.83. The zero-order valence-corrected chi connectivity index (χ0v) is 8.68. The van der Waals surface area contributed by atoms with Crippen LogP contribution in [0.15, 0.2) is 41.0 Å². The second kappa shape index (κ2) is 4.28. The van der Waals surface area contributed by atoms with Gasteiger partial charge in [0.25, 0.3) is 0 Å². The summed E-state index contributed by atoms with van der Waals surface area (Å²) in [6.07, 6.45) is 2.34. The Morgan fingerprint density at radius 3 is 2.67 bits per heavy atom. The van der Waals surface area contributed by atoms with Crippen LogP contribution in [0.1, 0.15) is 30.1 Å². The molecular weight excluding hydrogens is 188 g/mol. The van der Waals surface area contributed by atoms with Crippen molar-refractivity contribution >= 4 is 0 Å². The predicted molar refractivity (Wildman–Crippen MR) is 58.4 cm³/mol. The molecule has 0 bridgehead atoms. The van der Waals surface area contributed by atoms with Crippen LogP contribution in [0.2, 0.25) is 0 Å². The predicted octanol–water partition coefficient (Wildman–Crippen LogP) is 2.29. The minimum Gasteiger partial charge on any atom is -0.448 e. The molecule has 0 saturated carbocycles. The van der Waals surface area contributed by atoms with Gasteiger partial charge < -0.3 is 10.2 Å². The first-order valence-corrected chi connectivity index (χ1v) is 4.99. The smallest absolute Gasteiger partial charge is 0.198 e. The van der Waals surface area contributed by atoms with Crippen LogP contribution in [0.5, 0.6) is 0 Å². The topological polar surface area (TPSA) is 52.0 Å². The Morgan fingerprint density at radius 2 is 2.07 bits per heavy atom. The van der Waals surface area contributed by atoms with Crippen LogP contribution in [-0.4, -0.2) is 4.98 Å². The van der Waals surface area contributed by atoms with Crippen molar-refractivity contribution in [3.05, 3.63) is 53.7 Å². The molecular formula is C12H14N2O. The fourth-order valence-electron chi connectivity index (χ4n) is 1.39. The molecule has 0 fully saturated rings. The summed E-state index contributed by atoms with van der Waals surface area (Å²) in [6, 6.07) is 10.0. The Bertz CT molecular complexity index is 420. The Labute approximate surface area is 88.9 Å². The number of hydrogen-bond donors (Lipinski definition) is 1. The number of benzene rings is 1. The highest BCUT2D eigenvalue weighted by Gasteiger charge is 2.07. The van der Waals surface area contributed by atoms with Crippen molar-refractivity contribution in [3.63, 3.8) is 0 Å². The summed E-state index contributed by atoms with van der Waals surface area (Å²) in [7, 11) is 0. The number of oxazole rings is 1. The third kappa shape index (κ3) is 2.44. The van der Waals surface area contributed by atoms with Crippen molar-refractivity contribution in [2.24, 2.45) is 5.73 Å². The highest BCUT2D eigenvalue weighted by atomic mass is 16.3. The molecule has 15 heavy (non-hydrogen) atoms. The zero-order chi connectivity index (χ0) is 10.7. The number of rotatable bonds is 3. The lowest BCUT2D eigenvalue weighted by Gasteiger charge is -1.97. The van der Waals surface area contributed by atoms with Gasteiger partial charge in [0.2, 0.25) is 0 Å². The number of hydrogen-bond acceptors (Lipinski definition) is 3. The molecule has 1 aromatic carbocycles. The van der Waals surface area contributed by atoms with E-state index < -0.39 is 0 Å². The van der Waals surface area contributed by atoms with Crippen LogP contribution in [0, 0.1) is 0 Å². The molecule has 78 valence electrons. The van der Waals surface area contributed by atoms with Gasteiger partial charge in [-0.05, 0) is 12.5 Å². The summed E-state index contributed by atoms with van der Waals surface area (Å²) >= 11 is 0. The number of aromatic nitrogens is 1. The van der Waals surface area contributed by atoms with Gasteiger partial charge in [-0.15, -0.1) is 0 Å². The standard InChI is InChI=1S/C12H14N2O/c1-9(13)11-8-15-12(14-11)7-10-5-3-2-4-6-10/h2-6,8-9H,7,13H2,1H3. The van der Waals surface area contributed by atoms with Crippen molar-refractivity contribution < 1.29 is 4.42 Å². The summed E-state index contributed by atoms with van der Waals surface area (Å²) in [4.78, 5) is 4.31. The molecule has 1 atom stereocenters. The van der Waals surface area contributed by atoms with Gasteiger partial charge in [-0.25, -0.2) is 4.98 Å². The van der Waals surface area contributed by atoms with E-state index in [0.717, 1.165) is 5.69 Å². The monoisotopic (exact) mass is 202 g/mol. The van der Waals surface area contributed by atoms with Gasteiger partial charge in [-0.1, -0.05) is 30.3 Å². The van der Waals surface area contributed by atoms with Gasteiger partial charge >= 0.3 is 0 Å². The largest absolute Gasteiger partial charge is 0.448 e. The fourth-order valence-corrected chi connectivity index (χ4v) is 1.39. The third-order valence-corrected chi connectivity index (χ3v) is 2.23. The van der Waals surface area contributed by atoms with Gasteiger partial charge in [0.15, 0.2) is 5.89 Å². The maximum Gasteiger partial charge on any atom is 0.198 e. The molecule has 0 radical (unpaired) electrons. The Balaban J connectivity index is 2.12. The van der Waals surface area contributed by atoms with Crippen LogP contribution in [-0.2, 0) is 6.42 Å². The molecule has 0 aliphatic carbocycles. The number of nitrogens with zero attached hydrogens (tertiary/aromatic N) is 1. The van der Waals surface area contributed by atoms with Crippen LogP contribution in [0.25, 0.3) is 0 Å². The molecule has 0 aliphatic heterocycles. The van der Waals surface area contributed by atoms with Crippen molar-refractivity contribution in [1.29, 1.82) is 0 Å². The molecule has 0 saturated heterocycles. The average Bonchev–Trinajstić information content (AvgIpc) is 2.68. The summed E-state index contributed by atoms with van der Waals surface area (Å²) in [5.41, 5.74) is 7.69. The summed E-state index contributed by atoms with van der Waals surface area (Å²) < 4.78 is 5.34. The minimum atomic E-state index is -0.0710. The van der Waals surface area contributed by atoms with Crippen LogP contribution >= 0.6 is 0 Å². The molecule has 3 heteroatoms. The summed E-state index contributed by atoms with van der Waals surface area (Å²) in [5, 5.41) is 0. The molecule has 3 nitrogen and oxygen atoms in total. The first-order chi connectivity index (χ1) is 7.25. The summed E-state index contributed by atoms with van der Waals surface area (Å²) in [6.45, 7) is 1.89. The Morgan fingerprint density at radius 1 is 1.33 bits per heavy atom. The maximum atomic E-state index is 5.70. The van der Waals surface area contributed by atoms with Gasteiger partial charge in [0.1, 0.15) is 6.26 Å². The lowest BCUT2D eigenvalue weighted by Crippen LogP contribution is -2.05. The third-order valence-electron chi connectivity index (χ3n) is 2.23. The molecule has 2 aromatic rings. The fraction of sp³-hybridized carbons (Fsp3) is 0.250. The van der Waals surface area contributed by atoms with Crippen molar-refractivity contribution in [2.45, 2.75) is 19.4 Å².